The first kappa shape index (κ1) is 23.4. The van der Waals surface area contributed by atoms with Gasteiger partial charge in [-0.1, -0.05) is 64.2 Å². The van der Waals surface area contributed by atoms with Crippen LogP contribution in [0.5, 0.6) is 0 Å². The minimum absolute atomic E-state index is 0.0500. The Kier molecular flexibility index (Phi) is 6.72. The molecule has 1 aliphatic heterocycles. The van der Waals surface area contributed by atoms with Crippen LogP contribution in [0.2, 0.25) is 0 Å². The molecule has 4 atom stereocenters. The number of aliphatic hydroxyl groups is 1. The number of unbranched alkanes of at least 4 members (excludes halogenated alkanes) is 3. The molecule has 0 radical (unpaired) electrons. The molecule has 0 saturated carbocycles. The topological polar surface area (TPSA) is 47.3 Å². The smallest absolute Gasteiger partial charge is 0.0988 e. The van der Waals surface area contributed by atoms with Crippen molar-refractivity contribution in [3.05, 3.63) is 53.6 Å². The highest BCUT2D eigenvalue weighted by Crippen LogP contribution is 2.53. The molecule has 1 aromatic heterocycles. The third-order valence-corrected chi connectivity index (χ3v) is 8.17. The lowest BCUT2D eigenvalue weighted by Crippen LogP contribution is -2.54. The zero-order chi connectivity index (χ0) is 22.9. The molecule has 1 saturated heterocycles. The van der Waals surface area contributed by atoms with Crippen molar-refractivity contribution in [3.8, 4) is 0 Å². The van der Waals surface area contributed by atoms with Crippen molar-refractivity contribution in [2.75, 3.05) is 0 Å². The van der Waals surface area contributed by atoms with E-state index in [4.69, 9.17) is 4.74 Å². The fourth-order valence-electron chi connectivity index (χ4n) is 6.22. The molecule has 3 aliphatic rings. The van der Waals surface area contributed by atoms with Crippen LogP contribution < -0.4 is 0 Å². The quantitative estimate of drug-likeness (QED) is 0.351. The molecule has 4 nitrogen and oxygen atoms in total. The molecular weight excluding hydrogens is 396 g/mol. The number of hydrogen-bond acceptors (Lipinski definition) is 3. The van der Waals surface area contributed by atoms with Gasteiger partial charge in [-0.3, -0.25) is 4.68 Å². The third-order valence-electron chi connectivity index (χ3n) is 8.17. The van der Waals surface area contributed by atoms with Crippen LogP contribution in [-0.2, 0) is 11.3 Å². The fourth-order valence-corrected chi connectivity index (χ4v) is 6.22. The van der Waals surface area contributed by atoms with E-state index in [-0.39, 0.29) is 23.0 Å². The number of ether oxygens (including phenoxy) is 1. The predicted octanol–water partition coefficient (Wildman–Crippen LogP) is 7.01. The van der Waals surface area contributed by atoms with E-state index in [1.165, 1.54) is 36.8 Å². The van der Waals surface area contributed by atoms with Crippen molar-refractivity contribution < 1.29 is 9.84 Å². The normalized spacial score (nSPS) is 29.5. The van der Waals surface area contributed by atoms with Crippen molar-refractivity contribution in [2.45, 2.75) is 97.8 Å². The lowest BCUT2D eigenvalue weighted by atomic mass is 9.61. The highest BCUT2D eigenvalue weighted by atomic mass is 16.5. The van der Waals surface area contributed by atoms with Crippen LogP contribution in [0.25, 0.3) is 0 Å². The van der Waals surface area contributed by atoms with Crippen LogP contribution in [0.3, 0.4) is 0 Å². The molecule has 0 amide bonds. The average Bonchev–Trinajstić information content (AvgIpc) is 3.23. The Hall–Kier alpha value is -1.81. The van der Waals surface area contributed by atoms with Crippen molar-refractivity contribution in [2.24, 2.45) is 23.2 Å². The predicted molar refractivity (Wildman–Crippen MR) is 130 cm³/mol. The van der Waals surface area contributed by atoms with E-state index in [0.717, 1.165) is 25.8 Å². The lowest BCUT2D eigenvalue weighted by molar-refractivity contribution is -0.177. The molecule has 2 heterocycles. The van der Waals surface area contributed by atoms with E-state index < -0.39 is 0 Å². The second-order valence-electron chi connectivity index (χ2n) is 11.4. The Morgan fingerprint density at radius 1 is 1.25 bits per heavy atom. The highest BCUT2D eigenvalue weighted by molar-refractivity contribution is 5.36. The number of hydrogen-bond donors (Lipinski definition) is 1. The maximum atomic E-state index is 11.3. The Labute approximate surface area is 194 Å². The summed E-state index contributed by atoms with van der Waals surface area (Å²) in [5, 5.41) is 15.7. The largest absolute Gasteiger partial charge is 0.512 e. The third kappa shape index (κ3) is 4.76. The van der Waals surface area contributed by atoms with E-state index >= 15 is 0 Å². The van der Waals surface area contributed by atoms with Gasteiger partial charge < -0.3 is 9.84 Å². The molecule has 32 heavy (non-hydrogen) atoms. The van der Waals surface area contributed by atoms with Gasteiger partial charge in [0.05, 0.1) is 24.0 Å². The van der Waals surface area contributed by atoms with Gasteiger partial charge in [0.1, 0.15) is 0 Å². The van der Waals surface area contributed by atoms with Gasteiger partial charge in [-0.15, -0.1) is 0 Å². The summed E-state index contributed by atoms with van der Waals surface area (Å²) in [6.45, 7) is 12.2. The first-order valence-corrected chi connectivity index (χ1v) is 12.7. The number of rotatable bonds is 8. The average molecular weight is 439 g/mol. The minimum Gasteiger partial charge on any atom is -0.512 e. The van der Waals surface area contributed by atoms with E-state index in [0.29, 0.717) is 17.6 Å². The number of nitrogens with zero attached hydrogens (tertiary/aromatic N) is 2. The van der Waals surface area contributed by atoms with Crippen molar-refractivity contribution in [3.63, 3.8) is 0 Å². The van der Waals surface area contributed by atoms with Gasteiger partial charge in [0.15, 0.2) is 0 Å². The van der Waals surface area contributed by atoms with E-state index in [1.807, 2.05) is 23.1 Å². The minimum atomic E-state index is -0.204. The molecule has 176 valence electrons. The number of aliphatic hydroxyl groups excluding tert-OH is 1. The van der Waals surface area contributed by atoms with E-state index in [2.05, 4.69) is 57.9 Å². The molecule has 4 rings (SSSR count). The molecule has 1 aromatic rings. The highest BCUT2D eigenvalue weighted by Gasteiger charge is 2.52. The van der Waals surface area contributed by atoms with Crippen LogP contribution in [0.4, 0.5) is 0 Å². The summed E-state index contributed by atoms with van der Waals surface area (Å²) >= 11 is 0. The van der Waals surface area contributed by atoms with Gasteiger partial charge in [-0.25, -0.2) is 0 Å². The molecule has 2 aliphatic carbocycles. The Morgan fingerprint density at radius 3 is 2.78 bits per heavy atom. The molecule has 1 N–H and O–H groups in total. The van der Waals surface area contributed by atoms with Gasteiger partial charge >= 0.3 is 0 Å². The molecular formula is C28H42N2O2. The van der Waals surface area contributed by atoms with Crippen LogP contribution in [0.1, 0.15) is 79.6 Å². The Bertz CT molecular complexity index is 875. The zero-order valence-electron chi connectivity index (χ0n) is 20.7. The van der Waals surface area contributed by atoms with E-state index in [9.17, 15) is 5.11 Å². The maximum absolute atomic E-state index is 11.3. The summed E-state index contributed by atoms with van der Waals surface area (Å²) in [5.41, 5.74) is 2.51. The SMILES string of the molecule is CCCCCCC(C)(C)C1=CC2OC(C)(C)[C@H]3CC=C(Cn4cccn4)C[C@@H]3C2C(O)=C1. The van der Waals surface area contributed by atoms with Gasteiger partial charge in [0.25, 0.3) is 0 Å². The standard InChI is InChI=1S/C28H42N2O2/c1-6-7-8-9-13-27(2,3)21-17-24(31)26-22-16-20(19-30-15-10-14-29-30)11-12-23(22)28(4,5)32-25(26)18-21/h10-11,14-15,17-18,22-23,25-26,31H,6-9,12-13,16,19H2,1-5H3/t22-,23-,25?,26?/m0/s1. The molecule has 0 spiro atoms. The zero-order valence-corrected chi connectivity index (χ0v) is 20.7. The summed E-state index contributed by atoms with van der Waals surface area (Å²) in [6, 6.07) is 1.98. The maximum Gasteiger partial charge on any atom is 0.0988 e. The van der Waals surface area contributed by atoms with Crippen LogP contribution in [0.15, 0.2) is 53.6 Å². The second kappa shape index (κ2) is 9.21. The molecule has 0 aromatic carbocycles. The summed E-state index contributed by atoms with van der Waals surface area (Å²) in [5.74, 6) is 1.38. The van der Waals surface area contributed by atoms with Gasteiger partial charge in [-0.2, -0.15) is 5.10 Å². The van der Waals surface area contributed by atoms with Gasteiger partial charge in [0.2, 0.25) is 0 Å². The van der Waals surface area contributed by atoms with Crippen LogP contribution >= 0.6 is 0 Å². The van der Waals surface area contributed by atoms with Crippen molar-refractivity contribution in [1.82, 2.24) is 9.78 Å². The van der Waals surface area contributed by atoms with Gasteiger partial charge in [0, 0.05) is 18.3 Å². The van der Waals surface area contributed by atoms with Crippen molar-refractivity contribution >= 4 is 0 Å². The summed E-state index contributed by atoms with van der Waals surface area (Å²) in [4.78, 5) is 0. The first-order valence-electron chi connectivity index (χ1n) is 12.7. The summed E-state index contributed by atoms with van der Waals surface area (Å²) in [7, 11) is 0. The van der Waals surface area contributed by atoms with E-state index in [1.54, 1.807) is 0 Å². The molecule has 4 heteroatoms. The van der Waals surface area contributed by atoms with Crippen molar-refractivity contribution in [1.29, 1.82) is 0 Å². The summed E-state index contributed by atoms with van der Waals surface area (Å²) < 4.78 is 8.71. The molecule has 2 unspecified atom stereocenters. The Balaban J connectivity index is 1.54. The molecule has 0 bridgehead atoms. The Morgan fingerprint density at radius 2 is 2.06 bits per heavy atom. The number of aromatic nitrogens is 2. The number of allylic oxidation sites excluding steroid dienone is 4. The fraction of sp³-hybridized carbons (Fsp3) is 0.679. The van der Waals surface area contributed by atoms with Crippen LogP contribution in [0, 0.1) is 23.2 Å². The van der Waals surface area contributed by atoms with Gasteiger partial charge in [-0.05, 0) is 68.1 Å². The second-order valence-corrected chi connectivity index (χ2v) is 11.4. The monoisotopic (exact) mass is 438 g/mol. The summed E-state index contributed by atoms with van der Waals surface area (Å²) in [6.07, 6.45) is 18.8. The lowest BCUT2D eigenvalue weighted by Gasteiger charge is -2.53. The van der Waals surface area contributed by atoms with Crippen LogP contribution in [-0.4, -0.2) is 26.6 Å². The number of fused-ring (bicyclic) bond motifs is 3. The molecule has 1 fully saturated rings. The first-order chi connectivity index (χ1) is 15.2.